The molecule has 0 saturated carbocycles. The zero-order valence-electron chi connectivity index (χ0n) is 5.56. The van der Waals surface area contributed by atoms with Crippen LogP contribution < -0.4 is 0 Å². The van der Waals surface area contributed by atoms with Gasteiger partial charge in [-0.25, -0.2) is 0 Å². The van der Waals surface area contributed by atoms with E-state index in [1.807, 2.05) is 27.5 Å². The van der Waals surface area contributed by atoms with E-state index in [-0.39, 0.29) is 0 Å². The molecule has 0 aromatic carbocycles. The van der Waals surface area contributed by atoms with Gasteiger partial charge in [-0.15, -0.1) is 0 Å². The second-order valence-electron chi connectivity index (χ2n) is 2.23. The summed E-state index contributed by atoms with van der Waals surface area (Å²) in [6, 6.07) is 0. The summed E-state index contributed by atoms with van der Waals surface area (Å²) in [4.78, 5) is 0. The molecule has 0 atom stereocenters. The third-order valence-electron chi connectivity index (χ3n) is 0.544. The highest BCUT2D eigenvalue weighted by Gasteiger charge is 1.99. The van der Waals surface area contributed by atoms with Gasteiger partial charge in [0.1, 0.15) is 0 Å². The highest BCUT2D eigenvalue weighted by molar-refractivity contribution is 6.48. The van der Waals surface area contributed by atoms with Crippen LogP contribution in [0.5, 0.6) is 0 Å². The lowest BCUT2D eigenvalue weighted by atomic mass is 9.75. The van der Waals surface area contributed by atoms with E-state index in [9.17, 15) is 0 Å². The number of rotatable bonds is 2. The molecule has 0 aliphatic heterocycles. The van der Waals surface area contributed by atoms with Crippen molar-refractivity contribution in [2.24, 2.45) is 0 Å². The van der Waals surface area contributed by atoms with E-state index in [0.717, 1.165) is 0 Å². The molecule has 42 valence electrons. The van der Waals surface area contributed by atoms with Crippen LogP contribution in [0.25, 0.3) is 0 Å². The van der Waals surface area contributed by atoms with Gasteiger partial charge in [0.05, 0.1) is 0 Å². The van der Waals surface area contributed by atoms with Crippen LogP contribution in [0, 0.1) is 0 Å². The molecule has 0 aromatic rings. The van der Waals surface area contributed by atoms with E-state index in [0.29, 0.717) is 13.0 Å². The molecule has 0 aromatic heterocycles. The van der Waals surface area contributed by atoms with Gasteiger partial charge in [-0.05, 0) is 13.8 Å². The Hall–Kier alpha value is 0.0249. The van der Waals surface area contributed by atoms with Gasteiger partial charge in [-0.1, -0.05) is 13.6 Å². The fourth-order valence-electron chi connectivity index (χ4n) is 0.544. The predicted molar refractivity (Wildman–Crippen MR) is 33.7 cm³/mol. The van der Waals surface area contributed by atoms with Crippen LogP contribution in [0.2, 0.25) is 13.6 Å². The average molecular weight is 100.0 g/mol. The third-order valence-corrected chi connectivity index (χ3v) is 0.544. The molecular formula is C5H13BO. The smallest absolute Gasteiger partial charge is 0.287 e. The molecule has 0 amide bonds. The van der Waals surface area contributed by atoms with Crippen LogP contribution in [-0.2, 0) is 4.65 Å². The van der Waals surface area contributed by atoms with Gasteiger partial charge in [0.25, 0.3) is 6.92 Å². The first kappa shape index (κ1) is 7.02. The van der Waals surface area contributed by atoms with Crippen LogP contribution in [0.15, 0.2) is 0 Å². The molecule has 1 nitrogen and oxygen atoms in total. The Kier molecular flexibility index (Phi) is 3.09. The minimum Gasteiger partial charge on any atom is -0.434 e. The average Bonchev–Trinajstić information content (AvgIpc) is 1.27. The summed E-state index contributed by atoms with van der Waals surface area (Å²) in [5.41, 5.74) is 0. The fourth-order valence-corrected chi connectivity index (χ4v) is 0.544. The van der Waals surface area contributed by atoms with Crippen LogP contribution >= 0.6 is 0 Å². The Morgan fingerprint density at radius 2 is 1.71 bits per heavy atom. The molecule has 0 aliphatic rings. The van der Waals surface area contributed by atoms with Crippen molar-refractivity contribution in [3.05, 3.63) is 0 Å². The van der Waals surface area contributed by atoms with Gasteiger partial charge < -0.3 is 4.65 Å². The molecule has 2 heteroatoms. The lowest BCUT2D eigenvalue weighted by Crippen LogP contribution is -2.13. The first-order valence-corrected chi connectivity index (χ1v) is 2.78. The zero-order valence-corrected chi connectivity index (χ0v) is 5.56. The van der Waals surface area contributed by atoms with Gasteiger partial charge in [0.2, 0.25) is 0 Å². The minimum absolute atomic E-state index is 0.375. The molecule has 0 radical (unpaired) electrons. The van der Waals surface area contributed by atoms with E-state index < -0.39 is 0 Å². The van der Waals surface area contributed by atoms with Gasteiger partial charge in [-0.2, -0.15) is 0 Å². The molecule has 0 unspecified atom stereocenters. The summed E-state index contributed by atoms with van der Waals surface area (Å²) in [7, 11) is 0. The summed E-state index contributed by atoms with van der Waals surface area (Å²) in [6.45, 7) is 8.54. The van der Waals surface area contributed by atoms with Crippen molar-refractivity contribution in [3.8, 4) is 0 Å². The lowest BCUT2D eigenvalue weighted by Gasteiger charge is -2.07. The standard InChI is InChI=1S/C5H13BO/c1-5(2)7-6(3)4/h5H,1-4H3. The Labute approximate surface area is 46.2 Å². The second-order valence-corrected chi connectivity index (χ2v) is 2.23. The second kappa shape index (κ2) is 3.08. The molecule has 0 rings (SSSR count). The van der Waals surface area contributed by atoms with E-state index in [2.05, 4.69) is 0 Å². The lowest BCUT2D eigenvalue weighted by molar-refractivity contribution is 0.247. The molecule has 0 heterocycles. The summed E-state index contributed by atoms with van der Waals surface area (Å²) < 4.78 is 5.25. The van der Waals surface area contributed by atoms with E-state index >= 15 is 0 Å². The Morgan fingerprint density at radius 1 is 1.29 bits per heavy atom. The van der Waals surface area contributed by atoms with Gasteiger partial charge in [0, 0.05) is 6.10 Å². The van der Waals surface area contributed by atoms with Gasteiger partial charge >= 0.3 is 0 Å². The highest BCUT2D eigenvalue weighted by Crippen LogP contribution is 1.90. The van der Waals surface area contributed by atoms with Gasteiger partial charge in [0.15, 0.2) is 0 Å². The van der Waals surface area contributed by atoms with Crippen LogP contribution in [-0.4, -0.2) is 13.0 Å². The van der Waals surface area contributed by atoms with Crippen LogP contribution in [0.3, 0.4) is 0 Å². The van der Waals surface area contributed by atoms with E-state index in [4.69, 9.17) is 4.65 Å². The molecule has 0 bridgehead atoms. The maximum absolute atomic E-state index is 5.25. The maximum Gasteiger partial charge on any atom is 0.287 e. The number of hydrogen-bond acceptors (Lipinski definition) is 1. The summed E-state index contributed by atoms with van der Waals surface area (Å²) in [5.74, 6) is 0. The van der Waals surface area contributed by atoms with Crippen LogP contribution in [0.1, 0.15) is 13.8 Å². The highest BCUT2D eigenvalue weighted by atomic mass is 16.4. The molecule has 0 saturated heterocycles. The normalized spacial score (nSPS) is 9.86. The van der Waals surface area contributed by atoms with Crippen molar-refractivity contribution in [2.45, 2.75) is 33.6 Å². The van der Waals surface area contributed by atoms with E-state index in [1.54, 1.807) is 0 Å². The molecule has 0 spiro atoms. The van der Waals surface area contributed by atoms with Crippen molar-refractivity contribution in [3.63, 3.8) is 0 Å². The maximum atomic E-state index is 5.25. The Bertz CT molecular complexity index is 37.3. The quantitative estimate of drug-likeness (QED) is 0.479. The van der Waals surface area contributed by atoms with Gasteiger partial charge in [-0.3, -0.25) is 0 Å². The zero-order chi connectivity index (χ0) is 5.86. The van der Waals surface area contributed by atoms with Crippen molar-refractivity contribution in [2.75, 3.05) is 0 Å². The first-order valence-electron chi connectivity index (χ1n) is 2.78. The van der Waals surface area contributed by atoms with Crippen molar-refractivity contribution >= 4 is 6.92 Å². The largest absolute Gasteiger partial charge is 0.434 e. The predicted octanol–water partition coefficient (Wildman–Crippen LogP) is 1.66. The SMILES string of the molecule is CB(C)OC(C)C. The molecule has 0 aliphatic carbocycles. The molecule has 0 N–H and O–H groups in total. The number of hydrogen-bond donors (Lipinski definition) is 0. The summed E-state index contributed by atoms with van der Waals surface area (Å²) in [6.07, 6.45) is 0.375. The third kappa shape index (κ3) is 6.02. The van der Waals surface area contributed by atoms with Crippen molar-refractivity contribution < 1.29 is 4.65 Å². The fraction of sp³-hybridized carbons (Fsp3) is 1.00. The Balaban J connectivity index is 2.95. The summed E-state index contributed by atoms with van der Waals surface area (Å²) in [5, 5.41) is 0. The van der Waals surface area contributed by atoms with Crippen LogP contribution in [0.4, 0.5) is 0 Å². The topological polar surface area (TPSA) is 9.23 Å². The monoisotopic (exact) mass is 100 g/mol. The van der Waals surface area contributed by atoms with Crippen molar-refractivity contribution in [1.29, 1.82) is 0 Å². The summed E-state index contributed by atoms with van der Waals surface area (Å²) >= 11 is 0. The molecule has 7 heavy (non-hydrogen) atoms. The molecular weight excluding hydrogens is 86.9 g/mol. The first-order chi connectivity index (χ1) is 3.13. The Morgan fingerprint density at radius 3 is 1.71 bits per heavy atom. The molecule has 0 fully saturated rings. The van der Waals surface area contributed by atoms with Crippen molar-refractivity contribution in [1.82, 2.24) is 0 Å². The minimum atomic E-state index is 0.375. The van der Waals surface area contributed by atoms with E-state index in [1.165, 1.54) is 0 Å².